The first-order valence-corrected chi connectivity index (χ1v) is 15.6. The molecule has 0 aliphatic heterocycles. The molecule has 2 saturated carbocycles. The van der Waals surface area contributed by atoms with Crippen molar-refractivity contribution in [2.75, 3.05) is 11.9 Å². The van der Waals surface area contributed by atoms with E-state index >= 15 is 17.6 Å². The number of fused-ring (bicyclic) bond motifs is 4. The van der Waals surface area contributed by atoms with Crippen molar-refractivity contribution in [2.45, 2.75) is 75.5 Å². The Balaban J connectivity index is 1.33. The largest absolute Gasteiger partial charge is 0.389 e. The fraction of sp³-hybridized carbons (Fsp3) is 0.444. The van der Waals surface area contributed by atoms with Crippen molar-refractivity contribution in [3.63, 3.8) is 0 Å². The molecular formula is C36H34F6N2O3. The molecule has 248 valence electrons. The number of carbonyl (C=O) groups is 2. The van der Waals surface area contributed by atoms with Crippen LogP contribution >= 0.6 is 0 Å². The van der Waals surface area contributed by atoms with E-state index < -0.39 is 88.4 Å². The van der Waals surface area contributed by atoms with E-state index in [4.69, 9.17) is 0 Å². The average molecular weight is 657 g/mol. The third-order valence-electron chi connectivity index (χ3n) is 10.8. The molecule has 5 unspecified atom stereocenters. The van der Waals surface area contributed by atoms with Crippen LogP contribution in [0.15, 0.2) is 71.3 Å². The maximum atomic E-state index is 17.2. The third kappa shape index (κ3) is 5.25. The second kappa shape index (κ2) is 12.2. The molecule has 0 heterocycles. The lowest BCUT2D eigenvalue weighted by molar-refractivity contribution is -0.143. The van der Waals surface area contributed by atoms with E-state index in [0.717, 1.165) is 0 Å². The lowest BCUT2D eigenvalue weighted by atomic mass is 9.49. The zero-order chi connectivity index (χ0) is 33.8. The number of carbonyl (C=O) groups excluding carboxylic acids is 2. The molecule has 3 N–H and O–H groups in total. The Morgan fingerprint density at radius 2 is 1.68 bits per heavy atom. The van der Waals surface area contributed by atoms with Gasteiger partial charge in [-0.2, -0.15) is 0 Å². The van der Waals surface area contributed by atoms with Crippen LogP contribution in [0.25, 0.3) is 0 Å². The number of rotatable bonds is 4. The molecule has 0 radical (unpaired) electrons. The normalized spacial score (nSPS) is 35.9. The molecule has 11 heteroatoms. The van der Waals surface area contributed by atoms with E-state index in [2.05, 4.69) is 22.5 Å². The zero-order valence-electron chi connectivity index (χ0n) is 25.7. The Hall–Kier alpha value is -4.04. The van der Waals surface area contributed by atoms with Gasteiger partial charge in [0.25, 0.3) is 0 Å². The second-order valence-corrected chi connectivity index (χ2v) is 13.0. The summed E-state index contributed by atoms with van der Waals surface area (Å²) in [6.45, 7) is 3.19. The number of halogens is 6. The van der Waals surface area contributed by atoms with Crippen molar-refractivity contribution < 1.29 is 41.0 Å². The van der Waals surface area contributed by atoms with Gasteiger partial charge in [-0.3, -0.25) is 4.79 Å². The van der Waals surface area contributed by atoms with E-state index in [0.29, 0.717) is 17.3 Å². The molecule has 2 amide bonds. The summed E-state index contributed by atoms with van der Waals surface area (Å²) in [6.07, 6.45) is -10.7. The van der Waals surface area contributed by atoms with Crippen LogP contribution in [-0.4, -0.2) is 59.9 Å². The van der Waals surface area contributed by atoms with E-state index in [-0.39, 0.29) is 36.9 Å². The van der Waals surface area contributed by atoms with Gasteiger partial charge in [-0.05, 0) is 89.9 Å². The predicted molar refractivity (Wildman–Crippen MR) is 164 cm³/mol. The van der Waals surface area contributed by atoms with Gasteiger partial charge in [0.2, 0.25) is 0 Å². The number of alkyl halides is 5. The van der Waals surface area contributed by atoms with Gasteiger partial charge in [-0.1, -0.05) is 37.8 Å². The highest BCUT2D eigenvalue weighted by Gasteiger charge is 2.70. The molecular weight excluding hydrogens is 622 g/mol. The summed E-state index contributed by atoms with van der Waals surface area (Å²) in [6, 6.07) is 10.8. The monoisotopic (exact) mass is 656 g/mol. The van der Waals surface area contributed by atoms with Crippen molar-refractivity contribution in [3.05, 3.63) is 88.3 Å². The van der Waals surface area contributed by atoms with Crippen molar-refractivity contribution >= 4 is 17.5 Å². The van der Waals surface area contributed by atoms with E-state index in [1.807, 2.05) is 0 Å². The Labute approximate surface area is 268 Å². The number of aliphatic hydroxyl groups is 1. The van der Waals surface area contributed by atoms with Crippen LogP contribution in [0.5, 0.6) is 0 Å². The van der Waals surface area contributed by atoms with Crippen LogP contribution in [0.1, 0.15) is 50.2 Å². The number of allylic oxidation sites excluding steroid dienone is 4. The molecule has 6 rings (SSSR count). The lowest BCUT2D eigenvalue weighted by Gasteiger charge is -2.57. The van der Waals surface area contributed by atoms with Gasteiger partial charge in [-0.15, -0.1) is 0 Å². The second-order valence-electron chi connectivity index (χ2n) is 13.0. The third-order valence-corrected chi connectivity index (χ3v) is 10.8. The van der Waals surface area contributed by atoms with Crippen molar-refractivity contribution in [3.8, 4) is 11.8 Å². The highest BCUT2D eigenvalue weighted by Crippen LogP contribution is 2.68. The number of hydrogen-bond acceptors (Lipinski definition) is 3. The number of ketones is 1. The lowest BCUT2D eigenvalue weighted by Crippen LogP contribution is -2.61. The summed E-state index contributed by atoms with van der Waals surface area (Å²) in [5, 5.41) is 16.7. The first-order valence-electron chi connectivity index (χ1n) is 15.6. The zero-order valence-corrected chi connectivity index (χ0v) is 25.7. The molecule has 0 saturated heterocycles. The fourth-order valence-electron chi connectivity index (χ4n) is 8.32. The van der Waals surface area contributed by atoms with Gasteiger partial charge in [0, 0.05) is 28.5 Å². The highest BCUT2D eigenvalue weighted by molar-refractivity contribution is 5.98. The SMILES string of the molecule is CC[C@]1(O)CC[C@H]2[C@H]3C(=C4C(=CC(=O)C(F)C4F)C(F)C3F)[C@@H](c3ccc(C#CCNC(=O)Nc4ccc(F)cc4)cc3)C(F)[C@@]21C. The molecule has 10 atom stereocenters. The molecule has 2 aromatic rings. The average Bonchev–Trinajstić information content (AvgIpc) is 3.33. The van der Waals surface area contributed by atoms with Crippen molar-refractivity contribution in [1.82, 2.24) is 5.32 Å². The van der Waals surface area contributed by atoms with Gasteiger partial charge in [0.1, 0.15) is 18.2 Å². The number of urea groups is 1. The van der Waals surface area contributed by atoms with E-state index in [1.54, 1.807) is 19.1 Å². The summed E-state index contributed by atoms with van der Waals surface area (Å²) < 4.78 is 92.7. The predicted octanol–water partition coefficient (Wildman–Crippen LogP) is 6.78. The topological polar surface area (TPSA) is 78.4 Å². The van der Waals surface area contributed by atoms with Gasteiger partial charge in [-0.25, -0.2) is 31.1 Å². The fourth-order valence-corrected chi connectivity index (χ4v) is 8.32. The summed E-state index contributed by atoms with van der Waals surface area (Å²) in [4.78, 5) is 24.2. The number of nitrogens with one attached hydrogen (secondary N) is 2. The minimum absolute atomic E-state index is 0.0460. The van der Waals surface area contributed by atoms with Crippen LogP contribution in [0.3, 0.4) is 0 Å². The molecule has 2 fully saturated rings. The minimum Gasteiger partial charge on any atom is -0.389 e. The minimum atomic E-state index is -2.63. The van der Waals surface area contributed by atoms with E-state index in [9.17, 15) is 23.5 Å². The Morgan fingerprint density at radius 3 is 2.34 bits per heavy atom. The maximum Gasteiger partial charge on any atom is 0.319 e. The molecule has 0 bridgehead atoms. The maximum absolute atomic E-state index is 17.2. The Morgan fingerprint density at radius 1 is 1.00 bits per heavy atom. The van der Waals surface area contributed by atoms with Crippen LogP contribution < -0.4 is 10.6 Å². The molecule has 0 spiro atoms. The molecule has 2 aromatic carbocycles. The van der Waals surface area contributed by atoms with Crippen LogP contribution in [0.2, 0.25) is 0 Å². The van der Waals surface area contributed by atoms with Crippen LogP contribution in [-0.2, 0) is 4.79 Å². The van der Waals surface area contributed by atoms with E-state index in [1.165, 1.54) is 43.3 Å². The first-order chi connectivity index (χ1) is 22.3. The number of hydrogen-bond donors (Lipinski definition) is 3. The van der Waals surface area contributed by atoms with Crippen LogP contribution in [0.4, 0.5) is 36.8 Å². The quantitative estimate of drug-likeness (QED) is 0.251. The number of benzene rings is 2. The van der Waals surface area contributed by atoms with Gasteiger partial charge < -0.3 is 15.7 Å². The van der Waals surface area contributed by atoms with Crippen molar-refractivity contribution in [1.29, 1.82) is 0 Å². The van der Waals surface area contributed by atoms with Gasteiger partial charge in [0.05, 0.1) is 12.1 Å². The first kappa shape index (κ1) is 32.9. The van der Waals surface area contributed by atoms with Gasteiger partial charge in [0.15, 0.2) is 24.3 Å². The number of amides is 2. The Bertz CT molecular complexity index is 1700. The molecule has 4 aliphatic carbocycles. The standard InChI is InChI=1S/C36H34F6N2O3/c1-3-36(47)15-14-23-27-28(26-22(29(38)32(27)41)17-24(45)30(39)31(26)40)25(33(42)35(23,36)2)19-8-6-18(7-9-19)5-4-16-43-34(46)44-21-12-10-20(37)11-13-21/h6-13,17,23,25,27,29-33,47H,3,14-16H2,1-2H3,(H2,43,44,46)/t23-,25+,27-,29?,30?,31?,32?,33?,35+,36-/m0/s1. The molecule has 4 aliphatic rings. The summed E-state index contributed by atoms with van der Waals surface area (Å²) >= 11 is 0. The number of anilines is 1. The van der Waals surface area contributed by atoms with Gasteiger partial charge >= 0.3 is 6.03 Å². The molecule has 5 nitrogen and oxygen atoms in total. The van der Waals surface area contributed by atoms with Crippen molar-refractivity contribution in [2.24, 2.45) is 17.3 Å². The summed E-state index contributed by atoms with van der Waals surface area (Å²) in [7, 11) is 0. The smallest absolute Gasteiger partial charge is 0.319 e. The Kier molecular flexibility index (Phi) is 8.54. The summed E-state index contributed by atoms with van der Waals surface area (Å²) in [5.41, 5.74) is -3.11. The molecule has 47 heavy (non-hydrogen) atoms. The summed E-state index contributed by atoms with van der Waals surface area (Å²) in [5.74, 6) is 0.295. The highest BCUT2D eigenvalue weighted by atomic mass is 19.2. The molecule has 0 aromatic heterocycles. The van der Waals surface area contributed by atoms with Crippen LogP contribution in [0, 0.1) is 34.9 Å².